The zero-order valence-electron chi connectivity index (χ0n) is 12.1. The van der Waals surface area contributed by atoms with Crippen LogP contribution < -0.4 is 14.8 Å². The molecule has 0 unspecified atom stereocenters. The van der Waals surface area contributed by atoms with Crippen LogP contribution in [-0.4, -0.2) is 34.5 Å². The number of methoxy groups -OCH3 is 1. The summed E-state index contributed by atoms with van der Waals surface area (Å²) in [5.74, 6) is -0.117. The highest BCUT2D eigenvalue weighted by Crippen LogP contribution is 2.24. The topological polar surface area (TPSA) is 84.5 Å². The molecule has 0 heterocycles. The molecule has 0 saturated heterocycles. The van der Waals surface area contributed by atoms with Gasteiger partial charge in [0.25, 0.3) is 5.91 Å². The van der Waals surface area contributed by atoms with Gasteiger partial charge in [0.2, 0.25) is 10.0 Å². The number of hydrogen-bond acceptors (Lipinski definition) is 4. The number of amides is 1. The number of carbonyl (C=O) groups is 1. The zero-order valence-corrected chi connectivity index (χ0v) is 12.9. The molecule has 1 amide bonds. The lowest BCUT2D eigenvalue weighted by Gasteiger charge is -2.13. The molecular weight excluding hydrogens is 280 g/mol. The second-order valence-corrected chi connectivity index (χ2v) is 6.21. The Kier molecular flexibility index (Phi) is 5.52. The van der Waals surface area contributed by atoms with Gasteiger partial charge in [-0.15, -0.1) is 0 Å². The summed E-state index contributed by atoms with van der Waals surface area (Å²) in [6.07, 6.45) is 0.795. The van der Waals surface area contributed by atoms with Crippen molar-refractivity contribution in [1.82, 2.24) is 10.0 Å². The van der Waals surface area contributed by atoms with E-state index in [4.69, 9.17) is 4.74 Å². The van der Waals surface area contributed by atoms with Crippen LogP contribution in [-0.2, 0) is 10.0 Å². The van der Waals surface area contributed by atoms with Crippen molar-refractivity contribution in [3.63, 3.8) is 0 Å². The van der Waals surface area contributed by atoms with Crippen molar-refractivity contribution in [3.8, 4) is 5.75 Å². The summed E-state index contributed by atoms with van der Waals surface area (Å²) >= 11 is 0. The van der Waals surface area contributed by atoms with Crippen LogP contribution in [0.15, 0.2) is 23.1 Å². The molecule has 2 N–H and O–H groups in total. The quantitative estimate of drug-likeness (QED) is 0.825. The van der Waals surface area contributed by atoms with Gasteiger partial charge in [-0.2, -0.15) is 0 Å². The molecule has 20 heavy (non-hydrogen) atoms. The van der Waals surface area contributed by atoms with Crippen LogP contribution in [0.4, 0.5) is 0 Å². The Labute approximate surface area is 119 Å². The van der Waals surface area contributed by atoms with Gasteiger partial charge in [0.1, 0.15) is 10.6 Å². The standard InChI is InChI=1S/C13H20N2O4S/c1-5-9(2)15-13(16)10-6-7-11(19-4)12(8-10)20(17,18)14-3/h6-9,14H,5H2,1-4H3,(H,15,16)/t9-/m1/s1. The Bertz CT molecular complexity index is 584. The average molecular weight is 300 g/mol. The second kappa shape index (κ2) is 6.71. The fraction of sp³-hybridized carbons (Fsp3) is 0.462. The largest absolute Gasteiger partial charge is 0.495 e. The van der Waals surface area contributed by atoms with Gasteiger partial charge in [-0.3, -0.25) is 4.79 Å². The molecule has 0 aromatic heterocycles. The van der Waals surface area contributed by atoms with E-state index in [1.807, 2.05) is 13.8 Å². The van der Waals surface area contributed by atoms with Crippen LogP contribution >= 0.6 is 0 Å². The number of hydrogen-bond donors (Lipinski definition) is 2. The number of ether oxygens (including phenoxy) is 1. The fourth-order valence-corrected chi connectivity index (χ4v) is 2.47. The van der Waals surface area contributed by atoms with Gasteiger partial charge >= 0.3 is 0 Å². The summed E-state index contributed by atoms with van der Waals surface area (Å²) in [4.78, 5) is 12.0. The molecule has 0 bridgehead atoms. The molecule has 0 radical (unpaired) electrons. The van der Waals surface area contributed by atoms with Crippen LogP contribution in [0.3, 0.4) is 0 Å². The summed E-state index contributed by atoms with van der Waals surface area (Å²) in [6.45, 7) is 3.84. The Hall–Kier alpha value is -1.60. The minimum Gasteiger partial charge on any atom is -0.495 e. The summed E-state index contributed by atoms with van der Waals surface area (Å²) in [7, 11) is -1.00. The second-order valence-electron chi connectivity index (χ2n) is 4.36. The summed E-state index contributed by atoms with van der Waals surface area (Å²) in [6, 6.07) is 4.33. The molecule has 1 rings (SSSR count). The smallest absolute Gasteiger partial charge is 0.251 e. The molecule has 1 aromatic rings. The van der Waals surface area contributed by atoms with Gasteiger partial charge in [0.15, 0.2) is 0 Å². The molecule has 1 aromatic carbocycles. The van der Waals surface area contributed by atoms with Crippen molar-refractivity contribution in [2.75, 3.05) is 14.2 Å². The summed E-state index contributed by atoms with van der Waals surface area (Å²) in [5.41, 5.74) is 0.278. The van der Waals surface area contributed by atoms with E-state index in [9.17, 15) is 13.2 Å². The molecule has 0 spiro atoms. The highest BCUT2D eigenvalue weighted by atomic mass is 32.2. The van der Waals surface area contributed by atoms with Crippen molar-refractivity contribution in [2.45, 2.75) is 31.2 Å². The van der Waals surface area contributed by atoms with Gasteiger partial charge in [0.05, 0.1) is 7.11 Å². The Morgan fingerprint density at radius 1 is 1.40 bits per heavy atom. The van der Waals surface area contributed by atoms with E-state index in [-0.39, 0.29) is 28.2 Å². The average Bonchev–Trinajstić information content (AvgIpc) is 2.46. The molecule has 112 valence electrons. The first-order chi connectivity index (χ1) is 9.35. The molecule has 6 nitrogen and oxygen atoms in total. The van der Waals surface area contributed by atoms with Gasteiger partial charge in [-0.05, 0) is 38.6 Å². The number of nitrogens with one attached hydrogen (secondary N) is 2. The SMILES string of the molecule is CC[C@@H](C)NC(=O)c1ccc(OC)c(S(=O)(=O)NC)c1. The monoisotopic (exact) mass is 300 g/mol. The van der Waals surface area contributed by atoms with Gasteiger partial charge < -0.3 is 10.1 Å². The predicted octanol–water partition coefficient (Wildman–Crippen LogP) is 1.13. The van der Waals surface area contributed by atoms with E-state index in [0.29, 0.717) is 0 Å². The third-order valence-electron chi connectivity index (χ3n) is 2.97. The van der Waals surface area contributed by atoms with E-state index < -0.39 is 10.0 Å². The van der Waals surface area contributed by atoms with Gasteiger partial charge in [-0.1, -0.05) is 6.92 Å². The van der Waals surface area contributed by atoms with Crippen molar-refractivity contribution < 1.29 is 17.9 Å². The lowest BCUT2D eigenvalue weighted by atomic mass is 10.2. The molecule has 0 saturated carbocycles. The maximum absolute atomic E-state index is 12.0. The summed E-state index contributed by atoms with van der Waals surface area (Å²) in [5, 5.41) is 2.79. The van der Waals surface area contributed by atoms with E-state index in [1.54, 1.807) is 0 Å². The Morgan fingerprint density at radius 2 is 2.05 bits per heavy atom. The fourth-order valence-electron chi connectivity index (χ4n) is 1.55. The maximum Gasteiger partial charge on any atom is 0.251 e. The lowest BCUT2D eigenvalue weighted by molar-refractivity contribution is 0.0939. The number of sulfonamides is 1. The molecule has 7 heteroatoms. The first kappa shape index (κ1) is 16.5. The first-order valence-electron chi connectivity index (χ1n) is 6.28. The van der Waals surface area contributed by atoms with E-state index in [2.05, 4.69) is 10.0 Å². The third-order valence-corrected chi connectivity index (χ3v) is 4.41. The van der Waals surface area contributed by atoms with E-state index >= 15 is 0 Å². The minimum atomic E-state index is -3.69. The van der Waals surface area contributed by atoms with E-state index in [0.717, 1.165) is 6.42 Å². The number of rotatable bonds is 6. The summed E-state index contributed by atoms with van der Waals surface area (Å²) < 4.78 is 31.1. The maximum atomic E-state index is 12.0. The predicted molar refractivity (Wildman–Crippen MR) is 76.5 cm³/mol. The van der Waals surface area contributed by atoms with Crippen LogP contribution in [0.2, 0.25) is 0 Å². The third kappa shape index (κ3) is 3.71. The van der Waals surface area contributed by atoms with Crippen molar-refractivity contribution >= 4 is 15.9 Å². The minimum absolute atomic E-state index is 0.0222. The van der Waals surface area contributed by atoms with Crippen LogP contribution in [0.25, 0.3) is 0 Å². The number of carbonyl (C=O) groups excluding carboxylic acids is 1. The lowest BCUT2D eigenvalue weighted by Crippen LogP contribution is -2.32. The molecule has 0 aliphatic rings. The first-order valence-corrected chi connectivity index (χ1v) is 7.76. The van der Waals surface area contributed by atoms with Crippen LogP contribution in [0.1, 0.15) is 30.6 Å². The normalized spacial score (nSPS) is 12.8. The Morgan fingerprint density at radius 3 is 2.55 bits per heavy atom. The molecule has 0 aliphatic heterocycles. The van der Waals surface area contributed by atoms with Crippen LogP contribution in [0, 0.1) is 0 Å². The zero-order chi connectivity index (χ0) is 15.3. The van der Waals surface area contributed by atoms with Gasteiger partial charge in [0, 0.05) is 11.6 Å². The highest BCUT2D eigenvalue weighted by Gasteiger charge is 2.20. The molecule has 0 aliphatic carbocycles. The number of benzene rings is 1. The van der Waals surface area contributed by atoms with E-state index in [1.165, 1.54) is 32.4 Å². The van der Waals surface area contributed by atoms with Crippen molar-refractivity contribution in [3.05, 3.63) is 23.8 Å². The van der Waals surface area contributed by atoms with Crippen molar-refractivity contribution in [1.29, 1.82) is 0 Å². The molecule has 1 atom stereocenters. The van der Waals surface area contributed by atoms with Gasteiger partial charge in [-0.25, -0.2) is 13.1 Å². The molecular formula is C13H20N2O4S. The van der Waals surface area contributed by atoms with Crippen LogP contribution in [0.5, 0.6) is 5.75 Å². The Balaban J connectivity index is 3.20. The highest BCUT2D eigenvalue weighted by molar-refractivity contribution is 7.89. The van der Waals surface area contributed by atoms with Crippen molar-refractivity contribution in [2.24, 2.45) is 0 Å². The molecule has 0 fully saturated rings.